The Morgan fingerprint density at radius 1 is 1.22 bits per heavy atom. The van der Waals surface area contributed by atoms with Gasteiger partial charge in [-0.3, -0.25) is 9.69 Å². The van der Waals surface area contributed by atoms with Gasteiger partial charge in [0, 0.05) is 12.1 Å². The van der Waals surface area contributed by atoms with Gasteiger partial charge in [-0.05, 0) is 62.4 Å². The fourth-order valence-electron chi connectivity index (χ4n) is 4.88. The van der Waals surface area contributed by atoms with E-state index in [0.29, 0.717) is 5.56 Å². The summed E-state index contributed by atoms with van der Waals surface area (Å²) in [6.07, 6.45) is 4.51. The lowest BCUT2D eigenvalue weighted by atomic mass is 9.66. The Bertz CT molecular complexity index is 833. The summed E-state index contributed by atoms with van der Waals surface area (Å²) in [6, 6.07) is 13.9. The number of hydrogen-bond donors (Lipinski definition) is 1. The largest absolute Gasteiger partial charge is 0.343 e. The van der Waals surface area contributed by atoms with Crippen LogP contribution in [-0.4, -0.2) is 29.9 Å². The minimum Gasteiger partial charge on any atom is -0.343 e. The van der Waals surface area contributed by atoms with Crippen molar-refractivity contribution in [2.24, 2.45) is 5.92 Å². The van der Waals surface area contributed by atoms with E-state index in [1.54, 1.807) is 0 Å². The molecule has 1 aliphatic carbocycles. The van der Waals surface area contributed by atoms with Gasteiger partial charge < -0.3 is 5.32 Å². The summed E-state index contributed by atoms with van der Waals surface area (Å²) in [7, 11) is 2.16. The van der Waals surface area contributed by atoms with Gasteiger partial charge in [0.1, 0.15) is 5.82 Å². The van der Waals surface area contributed by atoms with Gasteiger partial charge in [0.05, 0.1) is 16.6 Å². The van der Waals surface area contributed by atoms with Crippen LogP contribution in [0.15, 0.2) is 48.5 Å². The summed E-state index contributed by atoms with van der Waals surface area (Å²) in [5, 5.41) is 3.38. The van der Waals surface area contributed by atoms with Crippen molar-refractivity contribution >= 4 is 17.5 Å². The van der Waals surface area contributed by atoms with Gasteiger partial charge in [0.15, 0.2) is 0 Å². The quantitative estimate of drug-likeness (QED) is 0.816. The summed E-state index contributed by atoms with van der Waals surface area (Å²) < 4.78 is 13.4. The molecule has 3 nitrogen and oxygen atoms in total. The van der Waals surface area contributed by atoms with Crippen molar-refractivity contribution < 1.29 is 9.18 Å². The first-order valence-electron chi connectivity index (χ1n) is 9.52. The number of fused-ring (bicyclic) bond motifs is 3. The van der Waals surface area contributed by atoms with Crippen LogP contribution in [0, 0.1) is 11.7 Å². The highest BCUT2D eigenvalue weighted by Gasteiger charge is 2.50. The second-order valence-corrected chi connectivity index (χ2v) is 8.28. The van der Waals surface area contributed by atoms with E-state index in [-0.39, 0.29) is 22.5 Å². The van der Waals surface area contributed by atoms with Gasteiger partial charge in [0.2, 0.25) is 0 Å². The van der Waals surface area contributed by atoms with E-state index in [9.17, 15) is 9.18 Å². The Morgan fingerprint density at radius 2 is 1.93 bits per heavy atom. The molecule has 3 aliphatic rings. The monoisotopic (exact) mass is 386 g/mol. The number of likely N-dealkylation sites (N-methyl/N-ethyl adjacent to an activating group) is 1. The molecular weight excluding hydrogens is 363 g/mol. The number of amides is 1. The van der Waals surface area contributed by atoms with Gasteiger partial charge in [-0.25, -0.2) is 4.39 Å². The Kier molecular flexibility index (Phi) is 4.95. The third kappa shape index (κ3) is 3.37. The molecule has 2 saturated heterocycles. The molecule has 27 heavy (non-hydrogen) atoms. The highest BCUT2D eigenvalue weighted by Crippen LogP contribution is 2.49. The van der Waals surface area contributed by atoms with Gasteiger partial charge in [-0.2, -0.15) is 0 Å². The maximum Gasteiger partial charge on any atom is 0.253 e. The fourth-order valence-corrected chi connectivity index (χ4v) is 5.13. The molecule has 2 bridgehead atoms. The topological polar surface area (TPSA) is 32.3 Å². The molecule has 5 heteroatoms. The fraction of sp³-hybridized carbons (Fsp3) is 0.409. The molecule has 2 aliphatic heterocycles. The van der Waals surface area contributed by atoms with Crippen molar-refractivity contribution in [3.8, 4) is 0 Å². The first kappa shape index (κ1) is 18.5. The van der Waals surface area contributed by atoms with Crippen LogP contribution in [-0.2, 0) is 0 Å². The second kappa shape index (κ2) is 7.25. The van der Waals surface area contributed by atoms with E-state index in [0.717, 1.165) is 30.9 Å². The molecule has 2 aromatic carbocycles. The van der Waals surface area contributed by atoms with Crippen molar-refractivity contribution in [3.63, 3.8) is 0 Å². The Hall–Kier alpha value is -1.91. The van der Waals surface area contributed by atoms with Gasteiger partial charge in [-0.15, -0.1) is 0 Å². The zero-order chi connectivity index (χ0) is 19.0. The highest BCUT2D eigenvalue weighted by molar-refractivity contribution is 6.33. The maximum absolute atomic E-state index is 13.4. The van der Waals surface area contributed by atoms with E-state index in [1.807, 2.05) is 18.2 Å². The normalized spacial score (nSPS) is 26.0. The van der Waals surface area contributed by atoms with Crippen LogP contribution in [0.4, 0.5) is 4.39 Å². The lowest BCUT2D eigenvalue weighted by Crippen LogP contribution is -2.62. The molecule has 0 radical (unpaired) electrons. The Labute approximate surface area is 164 Å². The van der Waals surface area contributed by atoms with Crippen molar-refractivity contribution in [2.45, 2.75) is 37.3 Å². The third-order valence-corrected chi connectivity index (χ3v) is 6.70. The standard InChI is InChI=1S/C22H24ClFN2O/c1-26-14-15-9-11-22(26,12-10-15)20(16-5-3-2-4-6-16)25-21(27)18-8-7-17(24)13-19(18)23/h2-8,13,15,20H,9-12,14H2,1H3,(H,25,27). The summed E-state index contributed by atoms with van der Waals surface area (Å²) in [5.41, 5.74) is 1.30. The number of hydrogen-bond acceptors (Lipinski definition) is 2. The SMILES string of the molecule is CN1CC2CCC1(C(NC(=O)c1ccc(F)cc1Cl)c1ccccc1)CC2. The number of nitrogens with one attached hydrogen (secondary N) is 1. The molecule has 2 heterocycles. The molecule has 1 N–H and O–H groups in total. The number of carbonyl (C=O) groups excluding carboxylic acids is 1. The summed E-state index contributed by atoms with van der Waals surface area (Å²) in [4.78, 5) is 15.5. The molecule has 0 aromatic heterocycles. The van der Waals surface area contributed by atoms with Crippen LogP contribution in [0.1, 0.15) is 47.6 Å². The summed E-state index contributed by atoms with van der Waals surface area (Å²) in [6.45, 7) is 1.07. The van der Waals surface area contributed by atoms with Crippen LogP contribution in [0.5, 0.6) is 0 Å². The average Bonchev–Trinajstić information content (AvgIpc) is 2.67. The number of nitrogens with zero attached hydrogens (tertiary/aromatic N) is 1. The van der Waals surface area contributed by atoms with Crippen molar-refractivity contribution in [3.05, 3.63) is 70.5 Å². The average molecular weight is 387 g/mol. The van der Waals surface area contributed by atoms with Crippen LogP contribution in [0.3, 0.4) is 0 Å². The Balaban J connectivity index is 1.70. The summed E-state index contributed by atoms with van der Waals surface area (Å²) >= 11 is 6.13. The van der Waals surface area contributed by atoms with E-state index in [1.165, 1.54) is 31.0 Å². The molecule has 0 spiro atoms. The molecule has 5 rings (SSSR count). The van der Waals surface area contributed by atoms with Crippen LogP contribution in [0.2, 0.25) is 5.02 Å². The number of rotatable bonds is 4. The molecule has 1 amide bonds. The van der Waals surface area contributed by atoms with E-state index in [2.05, 4.69) is 29.4 Å². The predicted octanol–water partition coefficient (Wildman–Crippen LogP) is 4.82. The van der Waals surface area contributed by atoms with Gasteiger partial charge >= 0.3 is 0 Å². The van der Waals surface area contributed by atoms with Crippen molar-refractivity contribution in [1.82, 2.24) is 10.2 Å². The summed E-state index contributed by atoms with van der Waals surface area (Å²) in [5.74, 6) is 0.0555. The smallest absolute Gasteiger partial charge is 0.253 e. The first-order chi connectivity index (χ1) is 13.0. The number of halogens is 2. The van der Waals surface area contributed by atoms with Gasteiger partial charge in [0.25, 0.3) is 5.91 Å². The third-order valence-electron chi connectivity index (χ3n) is 6.38. The Morgan fingerprint density at radius 3 is 2.56 bits per heavy atom. The van der Waals surface area contributed by atoms with Crippen LogP contribution in [0.25, 0.3) is 0 Å². The van der Waals surface area contributed by atoms with E-state index < -0.39 is 5.82 Å². The number of benzene rings is 2. The zero-order valence-corrected chi connectivity index (χ0v) is 16.2. The first-order valence-corrected chi connectivity index (χ1v) is 9.89. The van der Waals surface area contributed by atoms with E-state index in [4.69, 9.17) is 11.6 Å². The molecular formula is C22H24ClFN2O. The molecule has 1 unspecified atom stereocenters. The predicted molar refractivity (Wildman–Crippen MR) is 105 cm³/mol. The van der Waals surface area contributed by atoms with E-state index >= 15 is 0 Å². The minimum absolute atomic E-state index is 0.0989. The number of carbonyl (C=O) groups is 1. The highest BCUT2D eigenvalue weighted by atomic mass is 35.5. The lowest BCUT2D eigenvalue weighted by Gasteiger charge is -2.57. The van der Waals surface area contributed by atoms with Crippen LogP contribution < -0.4 is 5.32 Å². The zero-order valence-electron chi connectivity index (χ0n) is 15.4. The molecule has 2 aromatic rings. The maximum atomic E-state index is 13.4. The minimum atomic E-state index is -0.444. The number of piperidine rings is 2. The molecule has 1 saturated carbocycles. The van der Waals surface area contributed by atoms with Gasteiger partial charge in [-0.1, -0.05) is 41.9 Å². The van der Waals surface area contributed by atoms with Crippen LogP contribution >= 0.6 is 11.6 Å². The second-order valence-electron chi connectivity index (χ2n) is 7.87. The van der Waals surface area contributed by atoms with Crippen molar-refractivity contribution in [1.29, 1.82) is 0 Å². The molecule has 142 valence electrons. The van der Waals surface area contributed by atoms with Crippen molar-refractivity contribution in [2.75, 3.05) is 13.6 Å². The molecule has 1 atom stereocenters. The lowest BCUT2D eigenvalue weighted by molar-refractivity contribution is -0.0404. The molecule has 3 fully saturated rings.